The summed E-state index contributed by atoms with van der Waals surface area (Å²) in [5.41, 5.74) is 0.778. The number of nitrogens with one attached hydrogen (secondary N) is 1. The van der Waals surface area contributed by atoms with Crippen LogP contribution in [0.15, 0.2) is 29.2 Å². The van der Waals surface area contributed by atoms with E-state index in [-0.39, 0.29) is 17.0 Å². The van der Waals surface area contributed by atoms with Crippen LogP contribution in [0.4, 0.5) is 0 Å². The first-order valence-electron chi connectivity index (χ1n) is 5.91. The molecule has 0 aliphatic heterocycles. The molecule has 0 radical (unpaired) electrons. The third-order valence-corrected chi connectivity index (χ3v) is 3.74. The van der Waals surface area contributed by atoms with Gasteiger partial charge in [-0.15, -0.1) is 0 Å². The maximum absolute atomic E-state index is 11.9. The summed E-state index contributed by atoms with van der Waals surface area (Å²) in [5, 5.41) is 0. The van der Waals surface area contributed by atoms with Crippen molar-refractivity contribution in [3.05, 3.63) is 29.8 Å². The van der Waals surface area contributed by atoms with Gasteiger partial charge in [-0.1, -0.05) is 17.7 Å². The first-order chi connectivity index (χ1) is 8.21. The highest BCUT2D eigenvalue weighted by molar-refractivity contribution is 7.89. The topological polar surface area (TPSA) is 55.4 Å². The quantitative estimate of drug-likeness (QED) is 0.834. The lowest BCUT2D eigenvalue weighted by molar-refractivity contribution is 0.000790. The monoisotopic (exact) mass is 271 g/mol. The van der Waals surface area contributed by atoms with Gasteiger partial charge in [0.1, 0.15) is 0 Å². The average Bonchev–Trinajstić information content (AvgIpc) is 2.24. The zero-order valence-electron chi connectivity index (χ0n) is 11.4. The Bertz CT molecular complexity index is 472. The molecule has 0 atom stereocenters. The molecule has 0 amide bonds. The van der Waals surface area contributed by atoms with Crippen molar-refractivity contribution in [2.45, 2.75) is 38.2 Å². The molecule has 102 valence electrons. The minimum Gasteiger partial charge on any atom is -0.375 e. The molecule has 5 heteroatoms. The van der Waals surface area contributed by atoms with Crippen LogP contribution in [-0.4, -0.2) is 27.2 Å². The normalized spacial score (nSPS) is 12.7. The lowest BCUT2D eigenvalue weighted by Crippen LogP contribution is -2.30. The largest absolute Gasteiger partial charge is 0.375 e. The summed E-state index contributed by atoms with van der Waals surface area (Å²) in [6, 6.07) is 6.75. The zero-order valence-corrected chi connectivity index (χ0v) is 12.2. The number of aryl methyl sites for hydroxylation is 1. The fourth-order valence-corrected chi connectivity index (χ4v) is 2.35. The van der Waals surface area contributed by atoms with E-state index in [1.807, 2.05) is 27.7 Å². The molecule has 0 aromatic heterocycles. The Hall–Kier alpha value is -0.910. The number of hydrogen-bond acceptors (Lipinski definition) is 3. The van der Waals surface area contributed by atoms with Gasteiger partial charge < -0.3 is 4.74 Å². The lowest BCUT2D eigenvalue weighted by atomic mass is 10.2. The van der Waals surface area contributed by atoms with Crippen LogP contribution in [0.5, 0.6) is 0 Å². The van der Waals surface area contributed by atoms with Crippen molar-refractivity contribution < 1.29 is 13.2 Å². The SMILES string of the molecule is Cc1ccc(S(=O)(=O)NCCOC(C)(C)C)cc1. The smallest absolute Gasteiger partial charge is 0.240 e. The van der Waals surface area contributed by atoms with E-state index < -0.39 is 10.0 Å². The van der Waals surface area contributed by atoms with Gasteiger partial charge in [0, 0.05) is 6.54 Å². The van der Waals surface area contributed by atoms with Crippen molar-refractivity contribution in [2.24, 2.45) is 0 Å². The van der Waals surface area contributed by atoms with E-state index in [1.165, 1.54) is 0 Å². The van der Waals surface area contributed by atoms with Crippen LogP contribution >= 0.6 is 0 Å². The second-order valence-corrected chi connectivity index (χ2v) is 6.94. The first-order valence-corrected chi connectivity index (χ1v) is 7.39. The van der Waals surface area contributed by atoms with E-state index in [4.69, 9.17) is 4.74 Å². The molecule has 0 fully saturated rings. The third-order valence-electron chi connectivity index (χ3n) is 2.26. The number of ether oxygens (including phenoxy) is 1. The zero-order chi connectivity index (χ0) is 13.8. The Kier molecular flexibility index (Phi) is 4.90. The van der Waals surface area contributed by atoms with Crippen LogP contribution in [0.1, 0.15) is 26.3 Å². The highest BCUT2D eigenvalue weighted by Gasteiger charge is 2.14. The van der Waals surface area contributed by atoms with Gasteiger partial charge in [-0.05, 0) is 39.8 Å². The summed E-state index contributed by atoms with van der Waals surface area (Å²) in [4.78, 5) is 0.281. The molecule has 0 aliphatic carbocycles. The molecule has 1 rings (SSSR count). The Labute approximate surface area is 109 Å². The molecule has 0 saturated heterocycles. The minimum atomic E-state index is -3.42. The molecule has 1 aromatic rings. The highest BCUT2D eigenvalue weighted by atomic mass is 32.2. The number of hydrogen-bond donors (Lipinski definition) is 1. The number of sulfonamides is 1. The van der Waals surface area contributed by atoms with Gasteiger partial charge in [-0.25, -0.2) is 13.1 Å². The molecule has 0 heterocycles. The van der Waals surface area contributed by atoms with E-state index in [0.717, 1.165) is 5.56 Å². The average molecular weight is 271 g/mol. The predicted octanol–water partition coefficient (Wildman–Crippen LogP) is 2.09. The van der Waals surface area contributed by atoms with Crippen molar-refractivity contribution in [1.29, 1.82) is 0 Å². The highest BCUT2D eigenvalue weighted by Crippen LogP contribution is 2.10. The lowest BCUT2D eigenvalue weighted by Gasteiger charge is -2.19. The van der Waals surface area contributed by atoms with E-state index in [2.05, 4.69) is 4.72 Å². The van der Waals surface area contributed by atoms with Gasteiger partial charge in [0.2, 0.25) is 10.0 Å². The summed E-state index contributed by atoms with van der Waals surface area (Å²) in [6.45, 7) is 8.34. The van der Waals surface area contributed by atoms with E-state index in [1.54, 1.807) is 24.3 Å². The Morgan fingerprint density at radius 3 is 2.22 bits per heavy atom. The molecule has 0 bridgehead atoms. The molecule has 18 heavy (non-hydrogen) atoms. The standard InChI is InChI=1S/C13H21NO3S/c1-11-5-7-12(8-6-11)18(15,16)14-9-10-17-13(2,3)4/h5-8,14H,9-10H2,1-4H3. The number of rotatable bonds is 5. The summed E-state index contributed by atoms with van der Waals surface area (Å²) in [6.07, 6.45) is 0. The van der Waals surface area contributed by atoms with Crippen LogP contribution in [0.2, 0.25) is 0 Å². The Balaban J connectivity index is 2.53. The number of benzene rings is 1. The van der Waals surface area contributed by atoms with Gasteiger partial charge >= 0.3 is 0 Å². The fourth-order valence-electron chi connectivity index (χ4n) is 1.33. The van der Waals surface area contributed by atoms with Crippen LogP contribution in [-0.2, 0) is 14.8 Å². The molecular formula is C13H21NO3S. The van der Waals surface area contributed by atoms with Crippen LogP contribution in [0, 0.1) is 6.92 Å². The van der Waals surface area contributed by atoms with E-state index >= 15 is 0 Å². The summed E-state index contributed by atoms with van der Waals surface area (Å²) in [5.74, 6) is 0. The summed E-state index contributed by atoms with van der Waals surface area (Å²) in [7, 11) is -3.42. The molecule has 0 spiro atoms. The van der Waals surface area contributed by atoms with Crippen molar-refractivity contribution in [2.75, 3.05) is 13.2 Å². The fraction of sp³-hybridized carbons (Fsp3) is 0.538. The molecule has 0 aliphatic rings. The van der Waals surface area contributed by atoms with Crippen molar-refractivity contribution in [3.8, 4) is 0 Å². The molecular weight excluding hydrogens is 250 g/mol. The minimum absolute atomic E-state index is 0.255. The van der Waals surface area contributed by atoms with Crippen LogP contribution in [0.25, 0.3) is 0 Å². The van der Waals surface area contributed by atoms with Crippen LogP contribution in [0.3, 0.4) is 0 Å². The Morgan fingerprint density at radius 1 is 1.17 bits per heavy atom. The summed E-state index contributed by atoms with van der Waals surface area (Å²) < 4.78 is 31.8. The van der Waals surface area contributed by atoms with Gasteiger partial charge in [-0.3, -0.25) is 0 Å². The molecule has 1 aromatic carbocycles. The van der Waals surface area contributed by atoms with Gasteiger partial charge in [0.15, 0.2) is 0 Å². The van der Waals surface area contributed by atoms with E-state index in [9.17, 15) is 8.42 Å². The maximum Gasteiger partial charge on any atom is 0.240 e. The molecule has 0 unspecified atom stereocenters. The van der Waals surface area contributed by atoms with Gasteiger partial charge in [0.05, 0.1) is 17.1 Å². The summed E-state index contributed by atoms with van der Waals surface area (Å²) >= 11 is 0. The van der Waals surface area contributed by atoms with Crippen molar-refractivity contribution in [3.63, 3.8) is 0 Å². The maximum atomic E-state index is 11.9. The van der Waals surface area contributed by atoms with Gasteiger partial charge in [0.25, 0.3) is 0 Å². The van der Waals surface area contributed by atoms with Gasteiger partial charge in [-0.2, -0.15) is 0 Å². The van der Waals surface area contributed by atoms with Crippen LogP contribution < -0.4 is 4.72 Å². The Morgan fingerprint density at radius 2 is 1.72 bits per heavy atom. The molecule has 1 N–H and O–H groups in total. The third kappa shape index (κ3) is 5.16. The second kappa shape index (κ2) is 5.82. The van der Waals surface area contributed by atoms with Crippen molar-refractivity contribution in [1.82, 2.24) is 4.72 Å². The molecule has 0 saturated carbocycles. The molecule has 4 nitrogen and oxygen atoms in total. The second-order valence-electron chi connectivity index (χ2n) is 5.17. The van der Waals surface area contributed by atoms with Crippen molar-refractivity contribution >= 4 is 10.0 Å². The predicted molar refractivity (Wildman–Crippen MR) is 72.1 cm³/mol. The van der Waals surface area contributed by atoms with E-state index in [0.29, 0.717) is 6.61 Å². The first kappa shape index (κ1) is 15.1.